The molecule has 0 aliphatic heterocycles. The van der Waals surface area contributed by atoms with Crippen molar-refractivity contribution in [2.45, 2.75) is 33.7 Å². The van der Waals surface area contributed by atoms with Gasteiger partial charge in [-0.25, -0.2) is 0 Å². The van der Waals surface area contributed by atoms with Gasteiger partial charge in [0.2, 0.25) is 5.91 Å². The fraction of sp³-hybridized carbons (Fsp3) is 0.533. The van der Waals surface area contributed by atoms with Crippen molar-refractivity contribution in [2.24, 2.45) is 11.1 Å². The van der Waals surface area contributed by atoms with Crippen LogP contribution in [0.3, 0.4) is 0 Å². The number of benzene rings is 1. The van der Waals surface area contributed by atoms with Crippen LogP contribution in [0.4, 0.5) is 5.69 Å². The maximum atomic E-state index is 12.1. The molecule has 20 heavy (non-hydrogen) atoms. The van der Waals surface area contributed by atoms with Crippen LogP contribution in [-0.4, -0.2) is 25.7 Å². The number of nitrogens with one attached hydrogen (secondary N) is 1. The van der Waals surface area contributed by atoms with E-state index in [4.69, 9.17) is 15.2 Å². The lowest BCUT2D eigenvalue weighted by Crippen LogP contribution is -2.45. The number of carbonyl (C=O) groups excluding carboxylic acids is 1. The molecule has 0 saturated carbocycles. The van der Waals surface area contributed by atoms with E-state index in [0.717, 1.165) is 0 Å². The Morgan fingerprint density at radius 1 is 1.35 bits per heavy atom. The molecule has 1 atom stereocenters. The summed E-state index contributed by atoms with van der Waals surface area (Å²) in [5.74, 6) is 1.01. The Morgan fingerprint density at radius 2 is 2.00 bits per heavy atom. The molecule has 1 rings (SSSR count). The first-order valence-electron chi connectivity index (χ1n) is 6.67. The smallest absolute Gasteiger partial charge is 0.241 e. The Kier molecular flexibility index (Phi) is 5.39. The zero-order valence-electron chi connectivity index (χ0n) is 12.8. The summed E-state index contributed by atoms with van der Waals surface area (Å²) in [5, 5.41) is 2.80. The molecular formula is C15H24N2O3. The predicted molar refractivity (Wildman–Crippen MR) is 80.2 cm³/mol. The molecule has 5 heteroatoms. The second-order valence-electron chi connectivity index (χ2n) is 5.63. The molecule has 0 fully saturated rings. The van der Waals surface area contributed by atoms with E-state index in [-0.39, 0.29) is 11.3 Å². The number of hydrogen-bond acceptors (Lipinski definition) is 4. The lowest BCUT2D eigenvalue weighted by Gasteiger charge is -2.25. The third-order valence-electron chi connectivity index (χ3n) is 2.95. The average molecular weight is 280 g/mol. The number of rotatable bonds is 5. The number of ether oxygens (including phenoxy) is 2. The minimum Gasteiger partial charge on any atom is -0.493 e. The topological polar surface area (TPSA) is 73.6 Å². The third kappa shape index (κ3) is 4.13. The molecule has 0 bridgehead atoms. The van der Waals surface area contributed by atoms with E-state index in [0.29, 0.717) is 23.8 Å². The fourth-order valence-electron chi connectivity index (χ4n) is 1.64. The van der Waals surface area contributed by atoms with E-state index < -0.39 is 6.04 Å². The van der Waals surface area contributed by atoms with Crippen molar-refractivity contribution in [3.63, 3.8) is 0 Å². The molecule has 0 aliphatic carbocycles. The van der Waals surface area contributed by atoms with E-state index in [9.17, 15) is 4.79 Å². The van der Waals surface area contributed by atoms with Crippen LogP contribution < -0.4 is 20.5 Å². The summed E-state index contributed by atoms with van der Waals surface area (Å²) in [4.78, 5) is 12.1. The summed E-state index contributed by atoms with van der Waals surface area (Å²) in [6.45, 7) is 8.19. The fourth-order valence-corrected chi connectivity index (χ4v) is 1.64. The molecule has 1 amide bonds. The molecule has 1 aromatic carbocycles. The summed E-state index contributed by atoms with van der Waals surface area (Å²) in [6, 6.07) is 4.66. The van der Waals surface area contributed by atoms with Crippen LogP contribution >= 0.6 is 0 Å². The largest absolute Gasteiger partial charge is 0.493 e. The van der Waals surface area contributed by atoms with Crippen LogP contribution in [0.25, 0.3) is 0 Å². The maximum absolute atomic E-state index is 12.1. The van der Waals surface area contributed by atoms with Crippen LogP contribution in [0.1, 0.15) is 27.7 Å². The van der Waals surface area contributed by atoms with Gasteiger partial charge in [-0.15, -0.1) is 0 Å². The van der Waals surface area contributed by atoms with Gasteiger partial charge in [0.1, 0.15) is 0 Å². The normalized spacial score (nSPS) is 12.7. The Morgan fingerprint density at radius 3 is 2.50 bits per heavy atom. The van der Waals surface area contributed by atoms with Crippen molar-refractivity contribution in [1.29, 1.82) is 0 Å². The standard InChI is InChI=1S/C15H24N2O3/c1-6-20-12-9-10(7-8-11(12)19-5)17-14(18)13(16)15(2,3)4/h7-9,13H,6,16H2,1-5H3,(H,17,18)/t13-/m1/s1. The molecule has 5 nitrogen and oxygen atoms in total. The number of nitrogens with two attached hydrogens (primary N) is 1. The van der Waals surface area contributed by atoms with Gasteiger partial charge in [-0.05, 0) is 24.5 Å². The molecule has 0 radical (unpaired) electrons. The van der Waals surface area contributed by atoms with Crippen LogP contribution in [0.2, 0.25) is 0 Å². The van der Waals surface area contributed by atoms with Crippen LogP contribution in [0, 0.1) is 5.41 Å². The van der Waals surface area contributed by atoms with Gasteiger partial charge in [0, 0.05) is 11.8 Å². The van der Waals surface area contributed by atoms with E-state index in [1.165, 1.54) is 0 Å². The van der Waals surface area contributed by atoms with Gasteiger partial charge in [0.15, 0.2) is 11.5 Å². The summed E-state index contributed by atoms with van der Waals surface area (Å²) in [6.07, 6.45) is 0. The van der Waals surface area contributed by atoms with Crippen molar-refractivity contribution in [3.8, 4) is 11.5 Å². The molecule has 3 N–H and O–H groups in total. The number of hydrogen-bond donors (Lipinski definition) is 2. The molecule has 0 saturated heterocycles. The van der Waals surface area contributed by atoms with Gasteiger partial charge in [-0.2, -0.15) is 0 Å². The van der Waals surface area contributed by atoms with Crippen LogP contribution in [0.5, 0.6) is 11.5 Å². The third-order valence-corrected chi connectivity index (χ3v) is 2.95. The quantitative estimate of drug-likeness (QED) is 0.868. The SMILES string of the molecule is CCOc1cc(NC(=O)[C@@H](N)C(C)(C)C)ccc1OC. The molecule has 0 aromatic heterocycles. The average Bonchev–Trinajstić information content (AvgIpc) is 2.37. The monoisotopic (exact) mass is 280 g/mol. The second kappa shape index (κ2) is 6.61. The minimum atomic E-state index is -0.583. The van der Waals surface area contributed by atoms with Gasteiger partial charge in [-0.1, -0.05) is 20.8 Å². The van der Waals surface area contributed by atoms with Crippen molar-refractivity contribution >= 4 is 11.6 Å². The summed E-state index contributed by atoms with van der Waals surface area (Å²) in [5.41, 5.74) is 6.27. The molecule has 0 spiro atoms. The van der Waals surface area contributed by atoms with E-state index in [2.05, 4.69) is 5.32 Å². The van der Waals surface area contributed by atoms with E-state index in [1.54, 1.807) is 25.3 Å². The second-order valence-corrected chi connectivity index (χ2v) is 5.63. The number of carbonyl (C=O) groups is 1. The molecule has 0 aliphatic rings. The first-order chi connectivity index (χ1) is 9.29. The van der Waals surface area contributed by atoms with Gasteiger partial charge in [-0.3, -0.25) is 4.79 Å². The highest BCUT2D eigenvalue weighted by molar-refractivity contribution is 5.95. The van der Waals surface area contributed by atoms with Crippen LogP contribution in [-0.2, 0) is 4.79 Å². The summed E-state index contributed by atoms with van der Waals surface area (Å²) in [7, 11) is 1.58. The Labute approximate surface area is 120 Å². The number of amides is 1. The summed E-state index contributed by atoms with van der Waals surface area (Å²) >= 11 is 0. The van der Waals surface area contributed by atoms with Crippen molar-refractivity contribution < 1.29 is 14.3 Å². The predicted octanol–water partition coefficient (Wildman–Crippen LogP) is 2.41. The molecule has 0 unspecified atom stereocenters. The Hall–Kier alpha value is -1.75. The first kappa shape index (κ1) is 16.3. The van der Waals surface area contributed by atoms with Crippen molar-refractivity contribution in [2.75, 3.05) is 19.0 Å². The molecule has 1 aromatic rings. The number of anilines is 1. The Bertz CT molecular complexity index is 467. The lowest BCUT2D eigenvalue weighted by atomic mass is 9.87. The van der Waals surface area contributed by atoms with Crippen LogP contribution in [0.15, 0.2) is 18.2 Å². The summed E-state index contributed by atoms with van der Waals surface area (Å²) < 4.78 is 10.7. The zero-order chi connectivity index (χ0) is 15.3. The molecule has 0 heterocycles. The molecule has 112 valence electrons. The highest BCUT2D eigenvalue weighted by atomic mass is 16.5. The molecular weight excluding hydrogens is 256 g/mol. The van der Waals surface area contributed by atoms with Gasteiger partial charge < -0.3 is 20.5 Å². The van der Waals surface area contributed by atoms with E-state index in [1.807, 2.05) is 27.7 Å². The van der Waals surface area contributed by atoms with Gasteiger partial charge >= 0.3 is 0 Å². The highest BCUT2D eigenvalue weighted by Gasteiger charge is 2.27. The van der Waals surface area contributed by atoms with Gasteiger partial charge in [0.25, 0.3) is 0 Å². The minimum absolute atomic E-state index is 0.217. The maximum Gasteiger partial charge on any atom is 0.241 e. The van der Waals surface area contributed by atoms with Crippen molar-refractivity contribution in [1.82, 2.24) is 0 Å². The first-order valence-corrected chi connectivity index (χ1v) is 6.67. The highest BCUT2D eigenvalue weighted by Crippen LogP contribution is 2.30. The zero-order valence-corrected chi connectivity index (χ0v) is 12.8. The van der Waals surface area contributed by atoms with Crippen molar-refractivity contribution in [3.05, 3.63) is 18.2 Å². The van der Waals surface area contributed by atoms with E-state index >= 15 is 0 Å². The van der Waals surface area contributed by atoms with Gasteiger partial charge in [0.05, 0.1) is 19.8 Å². The Balaban J connectivity index is 2.88. The number of methoxy groups -OCH3 is 1. The lowest BCUT2D eigenvalue weighted by molar-refractivity contribution is -0.119.